The van der Waals surface area contributed by atoms with Gasteiger partial charge in [-0.15, -0.1) is 11.3 Å². The molecule has 1 aliphatic rings. The van der Waals surface area contributed by atoms with Crippen LogP contribution in [0, 0.1) is 6.92 Å². The van der Waals surface area contributed by atoms with Gasteiger partial charge in [0.1, 0.15) is 9.88 Å². The van der Waals surface area contributed by atoms with Crippen LogP contribution in [0.15, 0.2) is 66.9 Å². The fraction of sp³-hybridized carbons (Fsp3) is 0.231. The van der Waals surface area contributed by atoms with Gasteiger partial charge < -0.3 is 18.9 Å². The number of fused-ring (bicyclic) bond motifs is 1. The summed E-state index contributed by atoms with van der Waals surface area (Å²) < 4.78 is 13.0. The number of aromatic nitrogens is 2. The molecule has 4 aromatic rings. The highest BCUT2D eigenvalue weighted by Crippen LogP contribution is 2.38. The van der Waals surface area contributed by atoms with E-state index in [1.807, 2.05) is 54.3 Å². The highest BCUT2D eigenvalue weighted by atomic mass is 32.1. The van der Waals surface area contributed by atoms with E-state index in [4.69, 9.17) is 14.5 Å². The molecule has 1 amide bonds. The van der Waals surface area contributed by atoms with Crippen molar-refractivity contribution >= 4 is 17.2 Å². The molecule has 2 aromatic carbocycles. The van der Waals surface area contributed by atoms with E-state index in [-0.39, 0.29) is 11.9 Å². The lowest BCUT2D eigenvalue weighted by atomic mass is 9.99. The summed E-state index contributed by atoms with van der Waals surface area (Å²) in [6.07, 6.45) is 2.08. The monoisotopic (exact) mass is 459 g/mol. The van der Waals surface area contributed by atoms with Crippen molar-refractivity contribution in [2.75, 3.05) is 20.8 Å². The average molecular weight is 460 g/mol. The van der Waals surface area contributed by atoms with Crippen molar-refractivity contribution in [1.29, 1.82) is 0 Å². The van der Waals surface area contributed by atoms with Crippen molar-refractivity contribution in [2.45, 2.75) is 19.5 Å². The van der Waals surface area contributed by atoms with Crippen molar-refractivity contribution in [3.63, 3.8) is 0 Å². The quantitative estimate of drug-likeness (QED) is 0.413. The number of hydrogen-bond acceptors (Lipinski definition) is 5. The zero-order valence-electron chi connectivity index (χ0n) is 18.8. The number of rotatable bonds is 5. The predicted molar refractivity (Wildman–Crippen MR) is 129 cm³/mol. The van der Waals surface area contributed by atoms with Gasteiger partial charge in [-0.05, 0) is 42.8 Å². The largest absolute Gasteiger partial charge is 0.493 e. The second-order valence-corrected chi connectivity index (χ2v) is 8.94. The first-order chi connectivity index (χ1) is 16.1. The molecule has 0 spiro atoms. The fourth-order valence-corrected chi connectivity index (χ4v) is 5.42. The number of carbonyl (C=O) groups is 1. The van der Waals surface area contributed by atoms with E-state index < -0.39 is 0 Å². The van der Waals surface area contributed by atoms with Crippen LogP contribution in [0.4, 0.5) is 0 Å². The molecule has 0 radical (unpaired) electrons. The molecule has 0 saturated carbocycles. The summed E-state index contributed by atoms with van der Waals surface area (Å²) in [5, 5.41) is 0.786. The molecule has 0 N–H and O–H groups in total. The van der Waals surface area contributed by atoms with E-state index in [2.05, 4.69) is 29.0 Å². The zero-order chi connectivity index (χ0) is 22.9. The van der Waals surface area contributed by atoms with Gasteiger partial charge in [-0.2, -0.15) is 0 Å². The summed E-state index contributed by atoms with van der Waals surface area (Å²) in [5.74, 6) is 1.31. The molecule has 5 rings (SSSR count). The Kier molecular flexibility index (Phi) is 5.64. The Morgan fingerprint density at radius 2 is 1.79 bits per heavy atom. The molecule has 0 saturated heterocycles. The Morgan fingerprint density at radius 1 is 1.00 bits per heavy atom. The van der Waals surface area contributed by atoms with Crippen LogP contribution in [-0.4, -0.2) is 41.1 Å². The van der Waals surface area contributed by atoms with Crippen molar-refractivity contribution in [2.24, 2.45) is 0 Å². The molecular formula is C26H25N3O3S. The number of carbonyl (C=O) groups excluding carboxylic acids is 1. The number of methoxy groups -OCH3 is 2. The third-order valence-corrected chi connectivity index (χ3v) is 7.23. The normalized spacial score (nSPS) is 15.2. The molecule has 1 atom stereocenters. The Balaban J connectivity index is 1.52. The molecule has 0 aliphatic carbocycles. The van der Waals surface area contributed by atoms with Crippen molar-refractivity contribution in [3.8, 4) is 22.1 Å². The Labute approximate surface area is 197 Å². The summed E-state index contributed by atoms with van der Waals surface area (Å²) in [7, 11) is 3.22. The molecule has 2 aromatic heterocycles. The van der Waals surface area contributed by atoms with E-state index in [1.54, 1.807) is 14.2 Å². The summed E-state index contributed by atoms with van der Waals surface area (Å²) in [6.45, 7) is 3.32. The molecule has 1 unspecified atom stereocenters. The number of ether oxygens (including phenoxy) is 2. The lowest BCUT2D eigenvalue weighted by Gasteiger charge is -2.37. The van der Waals surface area contributed by atoms with Crippen LogP contribution < -0.4 is 9.47 Å². The van der Waals surface area contributed by atoms with Crippen LogP contribution in [0.1, 0.15) is 32.7 Å². The predicted octanol–water partition coefficient (Wildman–Crippen LogP) is 5.18. The van der Waals surface area contributed by atoms with Gasteiger partial charge in [-0.25, -0.2) is 4.98 Å². The van der Waals surface area contributed by atoms with Gasteiger partial charge in [-0.1, -0.05) is 30.3 Å². The van der Waals surface area contributed by atoms with Gasteiger partial charge in [0.05, 0.1) is 26.0 Å². The molecule has 6 nitrogen and oxygen atoms in total. The SMILES string of the molecule is COc1ccc(-c2nc(C)c(C(=O)N3CCn4cccc4C3c3ccccc3)s2)cc1OC. The minimum Gasteiger partial charge on any atom is -0.493 e. The third kappa shape index (κ3) is 3.78. The van der Waals surface area contributed by atoms with Gasteiger partial charge in [0.25, 0.3) is 5.91 Å². The van der Waals surface area contributed by atoms with Crippen LogP contribution in [0.3, 0.4) is 0 Å². The number of thiazole rings is 1. The molecule has 0 bridgehead atoms. The van der Waals surface area contributed by atoms with Crippen LogP contribution in [0.25, 0.3) is 10.6 Å². The van der Waals surface area contributed by atoms with E-state index in [0.29, 0.717) is 22.9 Å². The molecule has 0 fully saturated rings. The van der Waals surface area contributed by atoms with Crippen LogP contribution in [0.5, 0.6) is 11.5 Å². The fourth-order valence-electron chi connectivity index (χ4n) is 4.41. The molecule has 168 valence electrons. The maximum Gasteiger partial charge on any atom is 0.266 e. The van der Waals surface area contributed by atoms with Crippen molar-refractivity contribution in [1.82, 2.24) is 14.5 Å². The smallest absolute Gasteiger partial charge is 0.266 e. The maximum atomic E-state index is 13.8. The zero-order valence-corrected chi connectivity index (χ0v) is 19.6. The summed E-state index contributed by atoms with van der Waals surface area (Å²) in [4.78, 5) is 21.2. The lowest BCUT2D eigenvalue weighted by Crippen LogP contribution is -2.42. The molecular weight excluding hydrogens is 434 g/mol. The number of nitrogens with zero attached hydrogens (tertiary/aromatic N) is 3. The lowest BCUT2D eigenvalue weighted by molar-refractivity contribution is 0.0668. The Morgan fingerprint density at radius 3 is 2.55 bits per heavy atom. The van der Waals surface area contributed by atoms with Gasteiger partial charge in [0, 0.05) is 30.5 Å². The standard InChI is InChI=1S/C26H25N3O3S/c1-17-24(33-25(27-17)19-11-12-21(31-2)22(16-19)32-3)26(30)29-15-14-28-13-7-10-20(28)23(29)18-8-5-4-6-9-18/h4-13,16,23H,14-15H2,1-3H3. The number of amides is 1. The molecule has 33 heavy (non-hydrogen) atoms. The van der Waals surface area contributed by atoms with E-state index in [0.717, 1.165) is 34.1 Å². The van der Waals surface area contributed by atoms with Gasteiger partial charge in [-0.3, -0.25) is 4.79 Å². The van der Waals surface area contributed by atoms with Crippen LogP contribution >= 0.6 is 11.3 Å². The minimum atomic E-state index is -0.131. The summed E-state index contributed by atoms with van der Waals surface area (Å²) in [6, 6.07) is 19.9. The second kappa shape index (κ2) is 8.75. The topological polar surface area (TPSA) is 56.6 Å². The maximum absolute atomic E-state index is 13.8. The van der Waals surface area contributed by atoms with Crippen LogP contribution in [0.2, 0.25) is 0 Å². The van der Waals surface area contributed by atoms with Crippen molar-refractivity contribution < 1.29 is 14.3 Å². The second-order valence-electron chi connectivity index (χ2n) is 7.94. The first-order valence-electron chi connectivity index (χ1n) is 10.8. The minimum absolute atomic E-state index is 0.0121. The number of benzene rings is 2. The van der Waals surface area contributed by atoms with Crippen molar-refractivity contribution in [3.05, 3.63) is 88.7 Å². The third-order valence-electron chi connectivity index (χ3n) is 6.04. The van der Waals surface area contributed by atoms with E-state index >= 15 is 0 Å². The first kappa shape index (κ1) is 21.3. The van der Waals surface area contributed by atoms with E-state index in [1.165, 1.54) is 11.3 Å². The molecule has 7 heteroatoms. The van der Waals surface area contributed by atoms with Gasteiger partial charge >= 0.3 is 0 Å². The van der Waals surface area contributed by atoms with Gasteiger partial charge in [0.15, 0.2) is 11.5 Å². The van der Waals surface area contributed by atoms with E-state index in [9.17, 15) is 4.79 Å². The average Bonchev–Trinajstić information content (AvgIpc) is 3.49. The first-order valence-corrected chi connectivity index (χ1v) is 11.6. The summed E-state index contributed by atoms with van der Waals surface area (Å²) in [5.41, 5.74) is 3.87. The molecule has 1 aliphatic heterocycles. The highest BCUT2D eigenvalue weighted by Gasteiger charge is 2.34. The molecule has 3 heterocycles. The summed E-state index contributed by atoms with van der Waals surface area (Å²) >= 11 is 1.42. The van der Waals surface area contributed by atoms with Gasteiger partial charge in [0.2, 0.25) is 0 Å². The number of hydrogen-bond donors (Lipinski definition) is 0. The van der Waals surface area contributed by atoms with Crippen LogP contribution in [-0.2, 0) is 6.54 Å². The number of aryl methyl sites for hydroxylation is 1. The Hall–Kier alpha value is -3.58. The Bertz CT molecular complexity index is 1300. The highest BCUT2D eigenvalue weighted by molar-refractivity contribution is 7.17.